The average Bonchev–Trinajstić information content (AvgIpc) is 2.67. The highest BCUT2D eigenvalue weighted by Crippen LogP contribution is 2.27. The Morgan fingerprint density at radius 1 is 1.00 bits per heavy atom. The van der Waals surface area contributed by atoms with Crippen molar-refractivity contribution in [3.8, 4) is 5.75 Å². The van der Waals surface area contributed by atoms with Gasteiger partial charge in [-0.25, -0.2) is 9.98 Å². The minimum absolute atomic E-state index is 0.258. The van der Waals surface area contributed by atoms with Crippen LogP contribution in [0.3, 0.4) is 0 Å². The topological polar surface area (TPSA) is 63.7 Å². The van der Waals surface area contributed by atoms with Crippen molar-refractivity contribution < 1.29 is 17.9 Å². The number of anilines is 2. The number of benzene rings is 2. The maximum atomic E-state index is 12.2. The molecule has 3 aromatic rings. The SMILES string of the molecule is Nc1cc2ccc(C3=CCN(c4ccc(OC(F)(F)F)cc4)C=N3)cc2cn1. The number of nitrogen functional groups attached to an aromatic ring is 1. The molecule has 0 atom stereocenters. The number of nitrogens with two attached hydrogens (primary N) is 1. The standard InChI is InChI=1S/C20H15F3N4O/c21-20(22,23)28-17-5-3-16(4-6-17)27-8-7-18(26-12-27)14-2-1-13-10-19(24)25-11-15(13)9-14/h1-7,9-12H,8H2,(H2,24,25). The number of halogens is 3. The molecule has 0 spiro atoms. The Labute approximate surface area is 158 Å². The quantitative estimate of drug-likeness (QED) is 0.717. The summed E-state index contributed by atoms with van der Waals surface area (Å²) in [4.78, 5) is 10.4. The molecule has 0 radical (unpaired) electrons. The van der Waals surface area contributed by atoms with E-state index in [1.54, 1.807) is 24.7 Å². The van der Waals surface area contributed by atoms with E-state index in [1.165, 1.54) is 12.1 Å². The number of hydrogen-bond acceptors (Lipinski definition) is 5. The Kier molecular flexibility index (Phi) is 4.38. The number of fused-ring (bicyclic) bond motifs is 1. The highest BCUT2D eigenvalue weighted by atomic mass is 19.4. The third-order valence-electron chi connectivity index (χ3n) is 4.26. The van der Waals surface area contributed by atoms with E-state index in [0.29, 0.717) is 18.1 Å². The van der Waals surface area contributed by atoms with Crippen molar-refractivity contribution in [2.75, 3.05) is 17.2 Å². The average molecular weight is 384 g/mol. The van der Waals surface area contributed by atoms with Crippen molar-refractivity contribution in [3.63, 3.8) is 0 Å². The van der Waals surface area contributed by atoms with Crippen molar-refractivity contribution >= 4 is 34.3 Å². The Morgan fingerprint density at radius 3 is 2.46 bits per heavy atom. The summed E-state index contributed by atoms with van der Waals surface area (Å²) >= 11 is 0. The zero-order valence-electron chi connectivity index (χ0n) is 14.5. The highest BCUT2D eigenvalue weighted by molar-refractivity contribution is 5.91. The van der Waals surface area contributed by atoms with Gasteiger partial charge < -0.3 is 15.4 Å². The first-order valence-electron chi connectivity index (χ1n) is 8.40. The molecule has 142 valence electrons. The lowest BCUT2D eigenvalue weighted by Crippen LogP contribution is -2.24. The summed E-state index contributed by atoms with van der Waals surface area (Å²) in [6.45, 7) is 0.538. The zero-order chi connectivity index (χ0) is 19.7. The Morgan fingerprint density at radius 2 is 1.79 bits per heavy atom. The van der Waals surface area contributed by atoms with Gasteiger partial charge in [-0.1, -0.05) is 12.1 Å². The van der Waals surface area contributed by atoms with Crippen LogP contribution in [0.1, 0.15) is 5.56 Å². The Hall–Kier alpha value is -3.55. The number of hydrogen-bond donors (Lipinski definition) is 1. The molecule has 0 amide bonds. The van der Waals surface area contributed by atoms with E-state index in [-0.39, 0.29) is 5.75 Å². The summed E-state index contributed by atoms with van der Waals surface area (Å²) in [5.74, 6) is 0.212. The number of rotatable bonds is 3. The number of nitrogens with zero attached hydrogens (tertiary/aromatic N) is 3. The predicted molar refractivity (Wildman–Crippen MR) is 103 cm³/mol. The van der Waals surface area contributed by atoms with Gasteiger partial charge in [0.15, 0.2) is 0 Å². The number of alkyl halides is 3. The maximum absolute atomic E-state index is 12.2. The molecule has 4 rings (SSSR count). The van der Waals surface area contributed by atoms with Crippen molar-refractivity contribution in [2.24, 2.45) is 4.99 Å². The normalized spacial score (nSPS) is 14.2. The fraction of sp³-hybridized carbons (Fsp3) is 0.100. The first-order chi connectivity index (χ1) is 13.4. The zero-order valence-corrected chi connectivity index (χ0v) is 14.5. The largest absolute Gasteiger partial charge is 0.573 e. The summed E-state index contributed by atoms with van der Waals surface area (Å²) in [5.41, 5.74) is 8.17. The molecule has 2 N–H and O–H groups in total. The van der Waals surface area contributed by atoms with Crippen LogP contribution in [-0.4, -0.2) is 24.2 Å². The van der Waals surface area contributed by atoms with Gasteiger partial charge in [-0.15, -0.1) is 13.2 Å². The number of aromatic nitrogens is 1. The van der Waals surface area contributed by atoms with Crippen LogP contribution in [0.5, 0.6) is 5.75 Å². The molecule has 0 saturated heterocycles. The molecular weight excluding hydrogens is 369 g/mol. The molecular formula is C20H15F3N4O. The van der Waals surface area contributed by atoms with E-state index in [0.717, 1.165) is 22.0 Å². The van der Waals surface area contributed by atoms with Gasteiger partial charge in [0.1, 0.15) is 11.6 Å². The lowest BCUT2D eigenvalue weighted by Gasteiger charge is -2.22. The van der Waals surface area contributed by atoms with E-state index < -0.39 is 6.36 Å². The summed E-state index contributed by atoms with van der Waals surface area (Å²) in [7, 11) is 0. The first kappa shape index (κ1) is 17.8. The molecule has 28 heavy (non-hydrogen) atoms. The minimum Gasteiger partial charge on any atom is -0.406 e. The van der Waals surface area contributed by atoms with Crippen LogP contribution in [0.2, 0.25) is 0 Å². The van der Waals surface area contributed by atoms with E-state index in [2.05, 4.69) is 14.7 Å². The Balaban J connectivity index is 1.49. The van der Waals surface area contributed by atoms with Crippen LogP contribution < -0.4 is 15.4 Å². The van der Waals surface area contributed by atoms with Gasteiger partial charge in [-0.2, -0.15) is 0 Å². The molecule has 0 saturated carbocycles. The fourth-order valence-electron chi connectivity index (χ4n) is 2.94. The molecule has 0 fully saturated rings. The molecule has 1 aliphatic rings. The van der Waals surface area contributed by atoms with Gasteiger partial charge in [-0.3, -0.25) is 0 Å². The lowest BCUT2D eigenvalue weighted by molar-refractivity contribution is -0.274. The highest BCUT2D eigenvalue weighted by Gasteiger charge is 2.31. The van der Waals surface area contributed by atoms with Crippen molar-refractivity contribution in [2.45, 2.75) is 6.36 Å². The van der Waals surface area contributed by atoms with Crippen molar-refractivity contribution in [3.05, 3.63) is 66.4 Å². The minimum atomic E-state index is -4.70. The summed E-state index contributed by atoms with van der Waals surface area (Å²) in [5, 5.41) is 1.96. The van der Waals surface area contributed by atoms with E-state index in [4.69, 9.17) is 5.73 Å². The number of ether oxygens (including phenoxy) is 1. The summed E-state index contributed by atoms with van der Waals surface area (Å²) < 4.78 is 40.6. The maximum Gasteiger partial charge on any atom is 0.573 e. The second-order valence-corrected chi connectivity index (χ2v) is 6.20. The van der Waals surface area contributed by atoms with Gasteiger partial charge in [0.05, 0.1) is 12.0 Å². The summed E-state index contributed by atoms with van der Waals surface area (Å²) in [6.07, 6.45) is 0.622. The van der Waals surface area contributed by atoms with Crippen LogP contribution in [0.4, 0.5) is 24.7 Å². The molecule has 5 nitrogen and oxygen atoms in total. The van der Waals surface area contributed by atoms with Gasteiger partial charge in [-0.05, 0) is 47.9 Å². The predicted octanol–water partition coefficient (Wildman–Crippen LogP) is 4.61. The fourth-order valence-corrected chi connectivity index (χ4v) is 2.94. The first-order valence-corrected chi connectivity index (χ1v) is 8.40. The molecule has 2 aromatic carbocycles. The van der Waals surface area contributed by atoms with Crippen molar-refractivity contribution in [1.29, 1.82) is 0 Å². The van der Waals surface area contributed by atoms with E-state index in [1.807, 2.05) is 35.2 Å². The molecule has 1 aliphatic heterocycles. The third-order valence-corrected chi connectivity index (χ3v) is 4.26. The van der Waals surface area contributed by atoms with Crippen molar-refractivity contribution in [1.82, 2.24) is 4.98 Å². The van der Waals surface area contributed by atoms with Gasteiger partial charge in [0.25, 0.3) is 0 Å². The molecule has 0 bridgehead atoms. The molecule has 2 heterocycles. The van der Waals surface area contributed by atoms with Gasteiger partial charge >= 0.3 is 6.36 Å². The van der Waals surface area contributed by atoms with Crippen LogP contribution in [0.25, 0.3) is 16.5 Å². The van der Waals surface area contributed by atoms with Crippen LogP contribution in [0, 0.1) is 0 Å². The molecule has 1 aromatic heterocycles. The van der Waals surface area contributed by atoms with Gasteiger partial charge in [0, 0.05) is 29.4 Å². The van der Waals surface area contributed by atoms with Crippen LogP contribution in [-0.2, 0) is 0 Å². The van der Waals surface area contributed by atoms with E-state index >= 15 is 0 Å². The van der Waals surface area contributed by atoms with Crippen LogP contribution in [0.15, 0.2) is 65.8 Å². The molecule has 0 unspecified atom stereocenters. The smallest absolute Gasteiger partial charge is 0.406 e. The second-order valence-electron chi connectivity index (χ2n) is 6.20. The Bertz CT molecular complexity index is 1070. The van der Waals surface area contributed by atoms with E-state index in [9.17, 15) is 13.2 Å². The number of pyridine rings is 1. The number of aliphatic imine (C=N–C) groups is 1. The lowest BCUT2D eigenvalue weighted by atomic mass is 10.1. The molecule has 8 heteroatoms. The third kappa shape index (κ3) is 3.90. The monoisotopic (exact) mass is 384 g/mol. The van der Waals surface area contributed by atoms with Crippen LogP contribution >= 0.6 is 0 Å². The second kappa shape index (κ2) is 6.88. The molecule has 0 aliphatic carbocycles. The summed E-state index contributed by atoms with van der Waals surface area (Å²) in [6, 6.07) is 13.4. The van der Waals surface area contributed by atoms with Gasteiger partial charge in [0.2, 0.25) is 0 Å².